The van der Waals surface area contributed by atoms with Crippen molar-refractivity contribution in [3.63, 3.8) is 0 Å². The van der Waals surface area contributed by atoms with Crippen LogP contribution in [0.2, 0.25) is 0 Å². The van der Waals surface area contributed by atoms with E-state index < -0.39 is 0 Å². The van der Waals surface area contributed by atoms with Crippen LogP contribution in [-0.2, 0) is 0 Å². The zero-order valence-electron chi connectivity index (χ0n) is 25.2. The van der Waals surface area contributed by atoms with Crippen molar-refractivity contribution in [3.05, 3.63) is 140 Å². The van der Waals surface area contributed by atoms with Gasteiger partial charge in [0.1, 0.15) is 0 Å². The van der Waals surface area contributed by atoms with Gasteiger partial charge >= 0.3 is 0 Å². The molecule has 0 aromatic carbocycles. The van der Waals surface area contributed by atoms with Gasteiger partial charge in [0.2, 0.25) is 0 Å². The van der Waals surface area contributed by atoms with Crippen molar-refractivity contribution >= 4 is 0 Å². The smallest absolute Gasteiger partial charge is 0.0412 e. The predicted molar refractivity (Wildman–Crippen MR) is 177 cm³/mol. The summed E-state index contributed by atoms with van der Waals surface area (Å²) >= 11 is 0. The maximum atomic E-state index is 3.29. The lowest BCUT2D eigenvalue weighted by atomic mass is 9.69. The van der Waals surface area contributed by atoms with Gasteiger partial charge in [0, 0.05) is 18.7 Å². The minimum Gasteiger partial charge on any atom is -0.386 e. The second-order valence-electron chi connectivity index (χ2n) is 13.5. The monoisotopic (exact) mass is 551 g/mol. The first kappa shape index (κ1) is 26.3. The zero-order valence-corrected chi connectivity index (χ0v) is 25.2. The highest BCUT2D eigenvalue weighted by atomic mass is 14.9. The number of hydrogen-bond acceptors (Lipinski definition) is 1. The molecule has 0 radical (unpaired) electrons. The van der Waals surface area contributed by atoms with Crippen LogP contribution in [0.4, 0.5) is 0 Å². The van der Waals surface area contributed by atoms with Crippen molar-refractivity contribution in [2.45, 2.75) is 89.9 Å². The fraction of sp³-hybridized carbons (Fsp3) is 0.415. The molecule has 214 valence electrons. The van der Waals surface area contributed by atoms with Crippen LogP contribution in [0.1, 0.15) is 89.9 Å². The first-order valence-electron chi connectivity index (χ1n) is 16.9. The van der Waals surface area contributed by atoms with Gasteiger partial charge < -0.3 is 5.32 Å². The second kappa shape index (κ2) is 11.4. The number of rotatable bonds is 5. The van der Waals surface area contributed by atoms with Crippen LogP contribution in [0, 0.1) is 11.8 Å². The van der Waals surface area contributed by atoms with Gasteiger partial charge in [-0.3, -0.25) is 0 Å². The lowest BCUT2D eigenvalue weighted by molar-refractivity contribution is 0.536. The van der Waals surface area contributed by atoms with Crippen LogP contribution in [0.5, 0.6) is 0 Å². The molecule has 0 fully saturated rings. The Morgan fingerprint density at radius 2 is 1.33 bits per heavy atom. The number of allylic oxidation sites excluding steroid dienone is 21. The zero-order chi connectivity index (χ0) is 27.9. The van der Waals surface area contributed by atoms with Gasteiger partial charge in [0.25, 0.3) is 0 Å². The first-order valence-corrected chi connectivity index (χ1v) is 16.9. The van der Waals surface area contributed by atoms with E-state index in [1.807, 2.05) is 0 Å². The summed E-state index contributed by atoms with van der Waals surface area (Å²) < 4.78 is 0. The van der Waals surface area contributed by atoms with Gasteiger partial charge in [-0.15, -0.1) is 0 Å². The molecule has 7 aliphatic carbocycles. The lowest BCUT2D eigenvalue weighted by Crippen LogP contribution is -2.23. The summed E-state index contributed by atoms with van der Waals surface area (Å²) in [4.78, 5) is 0. The second-order valence-corrected chi connectivity index (χ2v) is 13.5. The molecule has 8 aliphatic rings. The highest BCUT2D eigenvalue weighted by Crippen LogP contribution is 2.48. The Hall–Kier alpha value is -3.32. The largest absolute Gasteiger partial charge is 0.386 e. The predicted octanol–water partition coefficient (Wildman–Crippen LogP) is 10.5. The molecule has 1 N–H and O–H groups in total. The molecule has 1 unspecified atom stereocenters. The summed E-state index contributed by atoms with van der Waals surface area (Å²) in [6.45, 7) is 1.04. The Bertz CT molecular complexity index is 1560. The Morgan fingerprint density at radius 3 is 2.10 bits per heavy atom. The topological polar surface area (TPSA) is 12.0 Å². The van der Waals surface area contributed by atoms with Crippen LogP contribution in [0.25, 0.3) is 0 Å². The van der Waals surface area contributed by atoms with E-state index >= 15 is 0 Å². The lowest BCUT2D eigenvalue weighted by Gasteiger charge is -2.36. The summed E-state index contributed by atoms with van der Waals surface area (Å²) in [6, 6.07) is 0. The Labute approximate surface area is 253 Å². The molecule has 1 aliphatic heterocycles. The standard InChI is InChI=1S/C41H45N/c1-2-8-29(9-3-1)34-22-23-36(39-11-5-4-10-38(34)39)31-18-20-32(21-19-31)37-25-24-35(40-12-6-7-13-41(37)40)30-16-14-28(15-17-30)33-26-42-27-33/h1-2,4,7,10,13-14,16,18,20,22,26,29,36,42H,3,5-6,8-9,11-12,15,17,19,21,23-25,27H2/t29?,36-/m0/s1. The van der Waals surface area contributed by atoms with Crippen LogP contribution in [-0.4, -0.2) is 6.54 Å². The number of nitrogens with one attached hydrogen (secondary N) is 1. The highest BCUT2D eigenvalue weighted by Gasteiger charge is 2.32. The minimum atomic E-state index is 0.619. The van der Waals surface area contributed by atoms with E-state index in [4.69, 9.17) is 0 Å². The molecular formula is C41H45N. The van der Waals surface area contributed by atoms with Crippen molar-refractivity contribution in [1.82, 2.24) is 5.32 Å². The van der Waals surface area contributed by atoms with Gasteiger partial charge in [0.05, 0.1) is 0 Å². The fourth-order valence-electron chi connectivity index (χ4n) is 8.91. The minimum absolute atomic E-state index is 0.619. The van der Waals surface area contributed by atoms with E-state index in [1.165, 1.54) is 101 Å². The summed E-state index contributed by atoms with van der Waals surface area (Å²) in [7, 11) is 0. The molecule has 0 aromatic rings. The van der Waals surface area contributed by atoms with Gasteiger partial charge in [-0.2, -0.15) is 0 Å². The molecule has 8 rings (SSSR count). The van der Waals surface area contributed by atoms with Crippen LogP contribution in [0.15, 0.2) is 140 Å². The fourth-order valence-corrected chi connectivity index (χ4v) is 8.91. The molecule has 0 amide bonds. The Morgan fingerprint density at radius 1 is 0.571 bits per heavy atom. The average Bonchev–Trinajstić information content (AvgIpc) is 3.04. The molecule has 0 saturated heterocycles. The first-order chi connectivity index (χ1) is 20.8. The number of hydrogen-bond donors (Lipinski definition) is 1. The van der Waals surface area contributed by atoms with Crippen molar-refractivity contribution in [2.75, 3.05) is 6.54 Å². The summed E-state index contributed by atoms with van der Waals surface area (Å²) in [5.74, 6) is 1.35. The van der Waals surface area contributed by atoms with E-state index in [0.29, 0.717) is 5.92 Å². The quantitative estimate of drug-likeness (QED) is 0.335. The van der Waals surface area contributed by atoms with E-state index in [-0.39, 0.29) is 0 Å². The molecule has 1 heterocycles. The van der Waals surface area contributed by atoms with Crippen molar-refractivity contribution in [2.24, 2.45) is 11.8 Å². The maximum Gasteiger partial charge on any atom is 0.0412 e. The maximum absolute atomic E-state index is 3.29. The Kier molecular flexibility index (Phi) is 7.14. The third-order valence-electron chi connectivity index (χ3n) is 11.2. The van der Waals surface area contributed by atoms with Gasteiger partial charge in [-0.25, -0.2) is 0 Å². The molecule has 42 heavy (non-hydrogen) atoms. The number of fused-ring (bicyclic) bond motifs is 1. The van der Waals surface area contributed by atoms with Crippen molar-refractivity contribution in [1.29, 1.82) is 0 Å². The highest BCUT2D eigenvalue weighted by molar-refractivity contribution is 5.62. The third-order valence-corrected chi connectivity index (χ3v) is 11.2. The van der Waals surface area contributed by atoms with E-state index in [1.54, 1.807) is 55.7 Å². The summed E-state index contributed by atoms with van der Waals surface area (Å²) in [5.41, 5.74) is 19.5. The normalized spacial score (nSPS) is 29.0. The van der Waals surface area contributed by atoms with Gasteiger partial charge in [-0.1, -0.05) is 78.0 Å². The van der Waals surface area contributed by atoms with E-state index in [2.05, 4.69) is 78.4 Å². The molecule has 2 atom stereocenters. The van der Waals surface area contributed by atoms with E-state index in [9.17, 15) is 0 Å². The molecule has 0 bridgehead atoms. The molecule has 0 aromatic heterocycles. The van der Waals surface area contributed by atoms with Gasteiger partial charge in [0.15, 0.2) is 0 Å². The average molecular weight is 552 g/mol. The molecule has 1 heteroatoms. The van der Waals surface area contributed by atoms with Gasteiger partial charge in [-0.05, 0) is 152 Å². The van der Waals surface area contributed by atoms with Crippen LogP contribution >= 0.6 is 0 Å². The van der Waals surface area contributed by atoms with E-state index in [0.717, 1.165) is 12.5 Å². The molecule has 1 nitrogen and oxygen atoms in total. The summed E-state index contributed by atoms with van der Waals surface area (Å²) in [6.07, 6.45) is 46.5. The van der Waals surface area contributed by atoms with Crippen molar-refractivity contribution < 1.29 is 0 Å². The van der Waals surface area contributed by atoms with Crippen LogP contribution < -0.4 is 5.32 Å². The SMILES string of the molecule is C1=CC2=C(C3=CC=C([C@@H]4CC=C(C5CC=CCC5)C5=C4CCC=C5)CC3)CCC(C3=CC=C(C4=CNC4)CC3)=C2CC1. The molecule has 0 spiro atoms. The van der Waals surface area contributed by atoms with Crippen molar-refractivity contribution in [3.8, 4) is 0 Å². The Balaban J connectivity index is 1.07. The third kappa shape index (κ3) is 4.80. The molecular weight excluding hydrogens is 506 g/mol. The molecule has 0 saturated carbocycles. The van der Waals surface area contributed by atoms with Crippen LogP contribution in [0.3, 0.4) is 0 Å². The summed E-state index contributed by atoms with van der Waals surface area (Å²) in [5, 5.41) is 3.29.